The van der Waals surface area contributed by atoms with Gasteiger partial charge in [0.15, 0.2) is 0 Å². The van der Waals surface area contributed by atoms with Crippen LogP contribution in [-0.4, -0.2) is 40.6 Å². The molecule has 1 aliphatic carbocycles. The summed E-state index contributed by atoms with van der Waals surface area (Å²) in [6, 6.07) is -0.0553. The molecule has 1 rings (SSSR count). The van der Waals surface area contributed by atoms with Gasteiger partial charge in [0.25, 0.3) is 0 Å². The van der Waals surface area contributed by atoms with Gasteiger partial charge in [-0.1, -0.05) is 19.8 Å². The molecule has 0 aromatic rings. The van der Waals surface area contributed by atoms with Crippen LogP contribution in [0.4, 0.5) is 4.79 Å². The van der Waals surface area contributed by atoms with E-state index in [1.165, 1.54) is 12.8 Å². The van der Waals surface area contributed by atoms with Crippen LogP contribution in [0.15, 0.2) is 0 Å². The number of carboxylic acid groups (broad SMARTS) is 1. The topological polar surface area (TPSA) is 69.6 Å². The van der Waals surface area contributed by atoms with E-state index in [9.17, 15) is 9.59 Å². The summed E-state index contributed by atoms with van der Waals surface area (Å²) < 4.78 is 0. The van der Waals surface area contributed by atoms with Crippen molar-refractivity contribution in [2.75, 3.05) is 6.54 Å². The van der Waals surface area contributed by atoms with Crippen LogP contribution in [0.2, 0.25) is 0 Å². The first-order valence-electron chi connectivity index (χ1n) is 6.87. The van der Waals surface area contributed by atoms with Crippen LogP contribution in [0.3, 0.4) is 0 Å². The van der Waals surface area contributed by atoms with Gasteiger partial charge in [0.05, 0.1) is 6.42 Å². The van der Waals surface area contributed by atoms with Crippen LogP contribution in [0, 0.1) is 0 Å². The number of carbonyl (C=O) groups excluding carboxylic acids is 1. The average molecular weight is 256 g/mol. The third-order valence-corrected chi connectivity index (χ3v) is 3.61. The molecular weight excluding hydrogens is 232 g/mol. The van der Waals surface area contributed by atoms with Crippen LogP contribution in [0.1, 0.15) is 52.4 Å². The molecule has 0 spiro atoms. The highest BCUT2D eigenvalue weighted by Gasteiger charge is 2.26. The first-order chi connectivity index (χ1) is 8.58. The number of carboxylic acids is 1. The lowest BCUT2D eigenvalue weighted by atomic mass is 10.1. The molecule has 2 N–H and O–H groups in total. The second-order valence-corrected chi connectivity index (χ2v) is 4.88. The Morgan fingerprint density at radius 2 is 1.94 bits per heavy atom. The molecule has 0 saturated heterocycles. The highest BCUT2D eigenvalue weighted by molar-refractivity contribution is 5.76. The van der Waals surface area contributed by atoms with Crippen molar-refractivity contribution < 1.29 is 14.7 Å². The van der Waals surface area contributed by atoms with E-state index in [-0.39, 0.29) is 18.5 Å². The Kier molecular flexibility index (Phi) is 5.95. The largest absolute Gasteiger partial charge is 0.481 e. The number of hydrogen-bond acceptors (Lipinski definition) is 2. The van der Waals surface area contributed by atoms with E-state index < -0.39 is 5.97 Å². The molecule has 1 aliphatic rings. The molecule has 1 unspecified atom stereocenters. The van der Waals surface area contributed by atoms with Gasteiger partial charge in [-0.15, -0.1) is 0 Å². The zero-order valence-corrected chi connectivity index (χ0v) is 11.3. The fraction of sp³-hybridized carbons (Fsp3) is 0.846. The van der Waals surface area contributed by atoms with Crippen LogP contribution in [-0.2, 0) is 4.79 Å². The minimum Gasteiger partial charge on any atom is -0.481 e. The molecule has 0 radical (unpaired) electrons. The summed E-state index contributed by atoms with van der Waals surface area (Å²) in [7, 11) is 0. The normalized spacial score (nSPS) is 17.4. The van der Waals surface area contributed by atoms with E-state index >= 15 is 0 Å². The van der Waals surface area contributed by atoms with E-state index in [2.05, 4.69) is 5.32 Å². The SMILES string of the molecule is CCC(CC(=O)O)NC(=O)N(CC)C1CCCC1. The van der Waals surface area contributed by atoms with Crippen molar-refractivity contribution in [1.82, 2.24) is 10.2 Å². The molecule has 104 valence electrons. The monoisotopic (exact) mass is 256 g/mol. The van der Waals surface area contributed by atoms with Crippen molar-refractivity contribution >= 4 is 12.0 Å². The smallest absolute Gasteiger partial charge is 0.317 e. The fourth-order valence-electron chi connectivity index (χ4n) is 2.55. The zero-order valence-electron chi connectivity index (χ0n) is 11.3. The molecule has 0 aromatic carbocycles. The van der Waals surface area contributed by atoms with E-state index in [1.54, 1.807) is 0 Å². The Morgan fingerprint density at radius 1 is 1.33 bits per heavy atom. The predicted molar refractivity (Wildman–Crippen MR) is 69.5 cm³/mol. The van der Waals surface area contributed by atoms with Crippen molar-refractivity contribution in [1.29, 1.82) is 0 Å². The maximum Gasteiger partial charge on any atom is 0.317 e. The Bertz CT molecular complexity index is 288. The number of urea groups is 1. The minimum atomic E-state index is -0.869. The maximum atomic E-state index is 12.1. The molecule has 5 nitrogen and oxygen atoms in total. The molecule has 1 fully saturated rings. The molecule has 0 bridgehead atoms. The van der Waals surface area contributed by atoms with Gasteiger partial charge in [-0.3, -0.25) is 4.79 Å². The van der Waals surface area contributed by atoms with Gasteiger partial charge < -0.3 is 15.3 Å². The molecule has 0 aliphatic heterocycles. The van der Waals surface area contributed by atoms with Crippen LogP contribution >= 0.6 is 0 Å². The van der Waals surface area contributed by atoms with Gasteiger partial charge in [0, 0.05) is 18.6 Å². The van der Waals surface area contributed by atoms with E-state index in [0.29, 0.717) is 19.0 Å². The number of nitrogens with zero attached hydrogens (tertiary/aromatic N) is 1. The Hall–Kier alpha value is -1.26. The molecule has 2 amide bonds. The predicted octanol–water partition coefficient (Wildman–Crippen LogP) is 2.21. The lowest BCUT2D eigenvalue weighted by molar-refractivity contribution is -0.137. The van der Waals surface area contributed by atoms with Crippen molar-refractivity contribution in [3.05, 3.63) is 0 Å². The van der Waals surface area contributed by atoms with Crippen molar-refractivity contribution in [3.8, 4) is 0 Å². The second kappa shape index (κ2) is 7.24. The van der Waals surface area contributed by atoms with Crippen LogP contribution < -0.4 is 5.32 Å². The van der Waals surface area contributed by atoms with E-state index in [1.807, 2.05) is 18.7 Å². The number of rotatable bonds is 6. The average Bonchev–Trinajstić information content (AvgIpc) is 2.82. The molecule has 18 heavy (non-hydrogen) atoms. The van der Waals surface area contributed by atoms with Gasteiger partial charge in [0.1, 0.15) is 0 Å². The van der Waals surface area contributed by atoms with Gasteiger partial charge in [-0.05, 0) is 26.2 Å². The quantitative estimate of drug-likeness (QED) is 0.765. The molecule has 1 atom stereocenters. The summed E-state index contributed by atoms with van der Waals surface area (Å²) >= 11 is 0. The number of amides is 2. The summed E-state index contributed by atoms with van der Waals surface area (Å²) in [6.07, 6.45) is 5.13. The molecule has 0 heterocycles. The number of aliphatic carboxylic acids is 1. The van der Waals surface area contributed by atoms with Gasteiger partial charge in [0.2, 0.25) is 0 Å². The Balaban J connectivity index is 2.52. The standard InChI is InChI=1S/C13H24N2O3/c1-3-10(9-12(16)17)14-13(18)15(4-2)11-7-5-6-8-11/h10-11H,3-9H2,1-2H3,(H,14,18)(H,16,17). The summed E-state index contributed by atoms with van der Waals surface area (Å²) in [5.41, 5.74) is 0. The van der Waals surface area contributed by atoms with Gasteiger partial charge >= 0.3 is 12.0 Å². The van der Waals surface area contributed by atoms with Gasteiger partial charge in [-0.25, -0.2) is 4.79 Å². The summed E-state index contributed by atoms with van der Waals surface area (Å²) in [5, 5.41) is 11.6. The lowest BCUT2D eigenvalue weighted by Crippen LogP contribution is -2.48. The third kappa shape index (κ3) is 4.20. The second-order valence-electron chi connectivity index (χ2n) is 4.88. The summed E-state index contributed by atoms with van der Waals surface area (Å²) in [5.74, 6) is -0.869. The molecule has 1 saturated carbocycles. The fourth-order valence-corrected chi connectivity index (χ4v) is 2.55. The van der Waals surface area contributed by atoms with Gasteiger partial charge in [-0.2, -0.15) is 0 Å². The number of nitrogens with one attached hydrogen (secondary N) is 1. The minimum absolute atomic E-state index is 0.00946. The first-order valence-corrected chi connectivity index (χ1v) is 6.87. The van der Waals surface area contributed by atoms with Crippen molar-refractivity contribution in [3.63, 3.8) is 0 Å². The molecule has 0 aromatic heterocycles. The first kappa shape index (κ1) is 14.8. The maximum absolute atomic E-state index is 12.1. The van der Waals surface area contributed by atoms with Crippen LogP contribution in [0.25, 0.3) is 0 Å². The lowest BCUT2D eigenvalue weighted by Gasteiger charge is -2.29. The van der Waals surface area contributed by atoms with Crippen LogP contribution in [0.5, 0.6) is 0 Å². The summed E-state index contributed by atoms with van der Waals surface area (Å²) in [6.45, 7) is 4.54. The molecular formula is C13H24N2O3. The highest BCUT2D eigenvalue weighted by Crippen LogP contribution is 2.23. The Labute approximate surface area is 109 Å². The third-order valence-electron chi connectivity index (χ3n) is 3.61. The number of hydrogen-bond donors (Lipinski definition) is 2. The van der Waals surface area contributed by atoms with E-state index in [0.717, 1.165) is 12.8 Å². The van der Waals surface area contributed by atoms with Crippen molar-refractivity contribution in [2.45, 2.75) is 64.5 Å². The highest BCUT2D eigenvalue weighted by atomic mass is 16.4. The molecule has 5 heteroatoms. The Morgan fingerprint density at radius 3 is 2.39 bits per heavy atom. The van der Waals surface area contributed by atoms with Crippen molar-refractivity contribution in [2.24, 2.45) is 0 Å². The zero-order chi connectivity index (χ0) is 13.5. The summed E-state index contributed by atoms with van der Waals surface area (Å²) in [4.78, 5) is 24.7. The van der Waals surface area contributed by atoms with E-state index in [4.69, 9.17) is 5.11 Å². The number of carbonyl (C=O) groups is 2.